The van der Waals surface area contributed by atoms with Crippen molar-refractivity contribution in [3.63, 3.8) is 0 Å². The summed E-state index contributed by atoms with van der Waals surface area (Å²) in [6, 6.07) is 21.6. The highest BCUT2D eigenvalue weighted by atomic mass is 32.2. The summed E-state index contributed by atoms with van der Waals surface area (Å²) in [4.78, 5) is 16.8. The van der Waals surface area contributed by atoms with Crippen LogP contribution in [0.5, 0.6) is 5.75 Å². The van der Waals surface area contributed by atoms with E-state index in [9.17, 15) is 18.3 Å². The average Bonchev–Trinajstić information content (AvgIpc) is 3.64. The zero-order valence-corrected chi connectivity index (χ0v) is 24.0. The number of ether oxygens (including phenoxy) is 1. The standard InChI is InChI=1S/C32H35N3O5S/c1-22(29-13-8-20-34(29)41(38,39)27-11-6-3-7-12-27)40-26-17-14-23(15-18-26)31-33-28-21-24(32(36)37)16-19-30(28)35(31)25-9-4-2-5-10-25/h3,6-7,11-12,14-19,21-22,25,29H,2,4-5,8-10,13,20H2,1H3,(H,36,37)/t22?,29-/m0/s1. The number of benzene rings is 3. The lowest BCUT2D eigenvalue weighted by molar-refractivity contribution is 0.0697. The highest BCUT2D eigenvalue weighted by Gasteiger charge is 2.39. The molecule has 3 aromatic carbocycles. The van der Waals surface area contributed by atoms with E-state index in [0.717, 1.165) is 42.6 Å². The molecule has 0 radical (unpaired) electrons. The number of imidazole rings is 1. The maximum absolute atomic E-state index is 13.3. The zero-order chi connectivity index (χ0) is 28.6. The van der Waals surface area contributed by atoms with Crippen molar-refractivity contribution in [2.75, 3.05) is 6.54 Å². The lowest BCUT2D eigenvalue weighted by atomic mass is 9.95. The maximum Gasteiger partial charge on any atom is 0.335 e. The molecular formula is C32H35N3O5S. The number of carbonyl (C=O) groups is 1. The van der Waals surface area contributed by atoms with E-state index < -0.39 is 16.0 Å². The molecule has 1 saturated carbocycles. The maximum atomic E-state index is 13.3. The zero-order valence-electron chi connectivity index (χ0n) is 23.1. The van der Waals surface area contributed by atoms with Crippen LogP contribution in [0.2, 0.25) is 0 Å². The largest absolute Gasteiger partial charge is 0.489 e. The first kappa shape index (κ1) is 27.5. The Morgan fingerprint density at radius 2 is 1.68 bits per heavy atom. The first-order valence-electron chi connectivity index (χ1n) is 14.4. The van der Waals surface area contributed by atoms with Gasteiger partial charge in [-0.05, 0) is 87.2 Å². The Balaban J connectivity index is 1.25. The SMILES string of the molecule is CC(Oc1ccc(-c2nc3cc(C(=O)O)ccc3n2C2CCCCC2)cc1)[C@@H]1CCCN1S(=O)(=O)c1ccccc1. The first-order valence-corrected chi connectivity index (χ1v) is 15.9. The van der Waals surface area contributed by atoms with E-state index in [1.165, 1.54) is 19.3 Å². The molecule has 0 bridgehead atoms. The number of hydrogen-bond acceptors (Lipinski definition) is 5. The Hall–Kier alpha value is -3.69. The fourth-order valence-electron chi connectivity index (χ4n) is 6.38. The normalized spacial score (nSPS) is 19.4. The molecular weight excluding hydrogens is 538 g/mol. The van der Waals surface area contributed by atoms with Crippen molar-refractivity contribution < 1.29 is 23.1 Å². The molecule has 1 unspecified atom stereocenters. The highest BCUT2D eigenvalue weighted by molar-refractivity contribution is 7.89. The van der Waals surface area contributed by atoms with E-state index >= 15 is 0 Å². The van der Waals surface area contributed by atoms with Crippen LogP contribution in [0.3, 0.4) is 0 Å². The molecule has 0 amide bonds. The summed E-state index contributed by atoms with van der Waals surface area (Å²) in [7, 11) is -3.60. The van der Waals surface area contributed by atoms with E-state index in [2.05, 4.69) is 4.57 Å². The predicted octanol–water partition coefficient (Wildman–Crippen LogP) is 6.53. The number of aromatic carboxylic acids is 1. The quantitative estimate of drug-likeness (QED) is 0.257. The number of sulfonamides is 1. The van der Waals surface area contributed by atoms with Crippen molar-refractivity contribution in [1.82, 2.24) is 13.9 Å². The minimum Gasteiger partial charge on any atom is -0.489 e. The van der Waals surface area contributed by atoms with E-state index in [-0.39, 0.29) is 17.7 Å². The van der Waals surface area contributed by atoms with Gasteiger partial charge in [0.25, 0.3) is 0 Å². The van der Waals surface area contributed by atoms with Gasteiger partial charge in [0.15, 0.2) is 0 Å². The van der Waals surface area contributed by atoms with Gasteiger partial charge in [-0.3, -0.25) is 0 Å². The van der Waals surface area contributed by atoms with Gasteiger partial charge in [-0.1, -0.05) is 37.5 Å². The second-order valence-electron chi connectivity index (χ2n) is 11.1. The molecule has 41 heavy (non-hydrogen) atoms. The lowest BCUT2D eigenvalue weighted by Gasteiger charge is -2.29. The summed E-state index contributed by atoms with van der Waals surface area (Å²) in [5.74, 6) is 0.525. The van der Waals surface area contributed by atoms with Crippen LogP contribution in [0.15, 0.2) is 77.7 Å². The van der Waals surface area contributed by atoms with Crippen LogP contribution in [-0.4, -0.2) is 52.0 Å². The minimum atomic E-state index is -3.60. The molecule has 9 heteroatoms. The van der Waals surface area contributed by atoms with Crippen LogP contribution >= 0.6 is 0 Å². The molecule has 1 saturated heterocycles. The van der Waals surface area contributed by atoms with E-state index in [1.807, 2.05) is 43.3 Å². The van der Waals surface area contributed by atoms with Crippen LogP contribution in [0.1, 0.15) is 68.3 Å². The summed E-state index contributed by atoms with van der Waals surface area (Å²) in [6.07, 6.45) is 6.92. The Morgan fingerprint density at radius 3 is 2.39 bits per heavy atom. The van der Waals surface area contributed by atoms with Crippen LogP contribution in [-0.2, 0) is 10.0 Å². The Bertz CT molecular complexity index is 1640. The molecule has 1 aliphatic heterocycles. The highest BCUT2D eigenvalue weighted by Crippen LogP contribution is 2.37. The summed E-state index contributed by atoms with van der Waals surface area (Å²) in [5.41, 5.74) is 2.79. The second kappa shape index (κ2) is 11.3. The van der Waals surface area contributed by atoms with E-state index in [4.69, 9.17) is 9.72 Å². The Labute approximate surface area is 240 Å². The molecule has 0 spiro atoms. The van der Waals surface area contributed by atoms with Crippen molar-refractivity contribution in [1.29, 1.82) is 0 Å². The molecule has 8 nitrogen and oxygen atoms in total. The number of fused-ring (bicyclic) bond motifs is 1. The number of nitrogens with zero attached hydrogens (tertiary/aromatic N) is 3. The third-order valence-corrected chi connectivity index (χ3v) is 10.4. The third kappa shape index (κ3) is 5.36. The fourth-order valence-corrected chi connectivity index (χ4v) is 8.16. The summed E-state index contributed by atoms with van der Waals surface area (Å²) >= 11 is 0. The average molecular weight is 574 g/mol. The van der Waals surface area contributed by atoms with Gasteiger partial charge in [0.2, 0.25) is 10.0 Å². The number of aromatic nitrogens is 2. The van der Waals surface area contributed by atoms with Crippen molar-refractivity contribution >= 4 is 27.0 Å². The number of carboxylic acids is 1. The smallest absolute Gasteiger partial charge is 0.335 e. The van der Waals surface area contributed by atoms with Crippen LogP contribution in [0.4, 0.5) is 0 Å². The van der Waals surface area contributed by atoms with Gasteiger partial charge in [0.05, 0.1) is 27.5 Å². The van der Waals surface area contributed by atoms with Gasteiger partial charge in [0, 0.05) is 18.2 Å². The predicted molar refractivity (Wildman–Crippen MR) is 158 cm³/mol. The summed E-state index contributed by atoms with van der Waals surface area (Å²) in [6.45, 7) is 2.41. The topological polar surface area (TPSA) is 102 Å². The summed E-state index contributed by atoms with van der Waals surface area (Å²) in [5, 5.41) is 9.50. The molecule has 1 aliphatic carbocycles. The number of rotatable bonds is 8. The van der Waals surface area contributed by atoms with E-state index in [0.29, 0.717) is 28.7 Å². The van der Waals surface area contributed by atoms with Crippen molar-refractivity contribution in [3.05, 3.63) is 78.4 Å². The summed E-state index contributed by atoms with van der Waals surface area (Å²) < 4.78 is 36.8. The number of carboxylic acid groups (broad SMARTS) is 1. The van der Waals surface area contributed by atoms with Crippen molar-refractivity contribution in [2.24, 2.45) is 0 Å². The molecule has 2 atom stereocenters. The van der Waals surface area contributed by atoms with E-state index in [1.54, 1.807) is 40.7 Å². The first-order chi connectivity index (χ1) is 19.8. The van der Waals surface area contributed by atoms with Crippen LogP contribution < -0.4 is 4.74 Å². The van der Waals surface area contributed by atoms with Crippen LogP contribution in [0, 0.1) is 0 Å². The van der Waals surface area contributed by atoms with Crippen LogP contribution in [0.25, 0.3) is 22.4 Å². The molecule has 1 aromatic heterocycles. The fraction of sp³-hybridized carbons (Fsp3) is 0.375. The third-order valence-electron chi connectivity index (χ3n) is 8.45. The molecule has 214 valence electrons. The van der Waals surface area contributed by atoms with Crippen molar-refractivity contribution in [3.8, 4) is 17.1 Å². The molecule has 2 fully saturated rings. The van der Waals surface area contributed by atoms with Gasteiger partial charge in [-0.15, -0.1) is 0 Å². The Kier molecular flexibility index (Phi) is 7.57. The monoisotopic (exact) mass is 573 g/mol. The van der Waals surface area contributed by atoms with Gasteiger partial charge >= 0.3 is 5.97 Å². The minimum absolute atomic E-state index is 0.227. The molecule has 2 heterocycles. The van der Waals surface area contributed by atoms with Gasteiger partial charge < -0.3 is 14.4 Å². The van der Waals surface area contributed by atoms with Gasteiger partial charge in [-0.25, -0.2) is 18.2 Å². The molecule has 4 aromatic rings. The van der Waals surface area contributed by atoms with Crippen molar-refractivity contribution in [2.45, 2.75) is 75.0 Å². The van der Waals surface area contributed by atoms with Gasteiger partial charge in [0.1, 0.15) is 17.7 Å². The molecule has 2 aliphatic rings. The molecule has 6 rings (SSSR count). The Morgan fingerprint density at radius 1 is 0.951 bits per heavy atom. The second-order valence-corrected chi connectivity index (χ2v) is 13.0. The number of hydrogen-bond donors (Lipinski definition) is 1. The molecule has 1 N–H and O–H groups in total. The van der Waals surface area contributed by atoms with Gasteiger partial charge in [-0.2, -0.15) is 4.31 Å². The lowest BCUT2D eigenvalue weighted by Crippen LogP contribution is -2.43.